The average molecular weight is 377 g/mol. The molecule has 142 valence electrons. The Morgan fingerprint density at radius 2 is 2.19 bits per heavy atom. The predicted octanol–water partition coefficient (Wildman–Crippen LogP) is 2.09. The van der Waals surface area contributed by atoms with Crippen molar-refractivity contribution < 1.29 is 14.6 Å². The summed E-state index contributed by atoms with van der Waals surface area (Å²) in [5, 5.41) is 10.8. The molecule has 2 aliphatic heterocycles. The Hall–Kier alpha value is -1.39. The van der Waals surface area contributed by atoms with Crippen molar-refractivity contribution in [3.8, 4) is 11.8 Å². The van der Waals surface area contributed by atoms with Crippen LogP contribution in [0.5, 0.6) is 0 Å². The summed E-state index contributed by atoms with van der Waals surface area (Å²) in [5.74, 6) is 5.94. The summed E-state index contributed by atoms with van der Waals surface area (Å²) in [6.45, 7) is 7.11. The fraction of sp³-hybridized carbons (Fsp3) is 0.650. The van der Waals surface area contributed by atoms with Crippen LogP contribution in [0.15, 0.2) is 11.4 Å². The lowest BCUT2D eigenvalue weighted by Gasteiger charge is -2.47. The third kappa shape index (κ3) is 4.86. The average Bonchev–Trinajstić information content (AvgIpc) is 3.08. The van der Waals surface area contributed by atoms with Gasteiger partial charge >= 0.3 is 0 Å². The molecule has 0 aromatic carbocycles. The van der Waals surface area contributed by atoms with Gasteiger partial charge in [0, 0.05) is 55.0 Å². The number of piperidine rings is 1. The number of carbonyl (C=O) groups is 1. The smallest absolute Gasteiger partial charge is 0.222 e. The molecule has 1 aromatic rings. The number of rotatable bonds is 4. The van der Waals surface area contributed by atoms with Gasteiger partial charge in [-0.05, 0) is 25.3 Å². The van der Waals surface area contributed by atoms with Crippen LogP contribution in [-0.4, -0.2) is 65.8 Å². The molecule has 1 N–H and O–H groups in total. The summed E-state index contributed by atoms with van der Waals surface area (Å²) in [5.41, 5.74) is 0.877. The van der Waals surface area contributed by atoms with Gasteiger partial charge in [0.2, 0.25) is 5.91 Å². The van der Waals surface area contributed by atoms with Crippen LogP contribution in [0.3, 0.4) is 0 Å². The highest BCUT2D eigenvalue weighted by Crippen LogP contribution is 2.31. The minimum Gasteiger partial charge on any atom is -0.384 e. The van der Waals surface area contributed by atoms with Crippen LogP contribution in [0, 0.1) is 11.8 Å². The van der Waals surface area contributed by atoms with Gasteiger partial charge in [0.1, 0.15) is 6.61 Å². The highest BCUT2D eigenvalue weighted by Gasteiger charge is 2.40. The van der Waals surface area contributed by atoms with E-state index in [9.17, 15) is 4.79 Å². The SMILES string of the molecule is CCCC(=O)N1CCC2(CC1)CN(Cc1cc(C#CCO)cs1)CCO2. The number of aliphatic hydroxyl groups is 1. The van der Waals surface area contributed by atoms with E-state index in [0.717, 1.165) is 64.2 Å². The molecule has 0 bridgehead atoms. The van der Waals surface area contributed by atoms with E-state index >= 15 is 0 Å². The zero-order valence-corrected chi connectivity index (χ0v) is 16.3. The molecule has 1 spiro atoms. The molecule has 3 rings (SSSR count). The van der Waals surface area contributed by atoms with Crippen molar-refractivity contribution in [2.75, 3.05) is 39.4 Å². The fourth-order valence-electron chi connectivity index (χ4n) is 3.79. The first-order chi connectivity index (χ1) is 12.6. The number of ether oxygens (including phenoxy) is 1. The van der Waals surface area contributed by atoms with Gasteiger partial charge in [-0.3, -0.25) is 9.69 Å². The van der Waals surface area contributed by atoms with Crippen molar-refractivity contribution in [1.29, 1.82) is 0 Å². The van der Waals surface area contributed by atoms with E-state index in [1.807, 2.05) is 10.3 Å². The number of aliphatic hydroxyl groups excluding tert-OH is 1. The third-order valence-corrected chi connectivity index (χ3v) is 6.09. The molecule has 1 amide bonds. The number of hydrogen-bond donors (Lipinski definition) is 1. The lowest BCUT2D eigenvalue weighted by molar-refractivity contribution is -0.151. The molecule has 5 nitrogen and oxygen atoms in total. The molecular formula is C20H28N2O3S. The topological polar surface area (TPSA) is 53.0 Å². The number of morpholine rings is 1. The van der Waals surface area contributed by atoms with Crippen molar-refractivity contribution in [3.05, 3.63) is 21.9 Å². The van der Waals surface area contributed by atoms with E-state index in [-0.39, 0.29) is 18.1 Å². The van der Waals surface area contributed by atoms with Gasteiger partial charge in [0.05, 0.1) is 12.2 Å². The summed E-state index contributed by atoms with van der Waals surface area (Å²) >= 11 is 1.72. The monoisotopic (exact) mass is 376 g/mol. The first-order valence-electron chi connectivity index (χ1n) is 9.45. The second-order valence-corrected chi connectivity index (χ2v) is 8.13. The van der Waals surface area contributed by atoms with Gasteiger partial charge in [0.15, 0.2) is 0 Å². The second-order valence-electron chi connectivity index (χ2n) is 7.13. The predicted molar refractivity (Wildman–Crippen MR) is 103 cm³/mol. The van der Waals surface area contributed by atoms with Crippen LogP contribution in [0.25, 0.3) is 0 Å². The Balaban J connectivity index is 1.54. The van der Waals surface area contributed by atoms with Gasteiger partial charge in [-0.2, -0.15) is 0 Å². The fourth-order valence-corrected chi connectivity index (χ4v) is 4.65. The van der Waals surface area contributed by atoms with Gasteiger partial charge in [0.25, 0.3) is 0 Å². The molecule has 3 heterocycles. The molecular weight excluding hydrogens is 348 g/mol. The normalized spacial score (nSPS) is 20.0. The molecule has 26 heavy (non-hydrogen) atoms. The van der Waals surface area contributed by atoms with Gasteiger partial charge < -0.3 is 14.7 Å². The zero-order chi connectivity index (χ0) is 18.4. The highest BCUT2D eigenvalue weighted by molar-refractivity contribution is 7.10. The van der Waals surface area contributed by atoms with Crippen LogP contribution < -0.4 is 0 Å². The first-order valence-corrected chi connectivity index (χ1v) is 10.3. The van der Waals surface area contributed by atoms with E-state index < -0.39 is 0 Å². The Labute approximate surface area is 159 Å². The Morgan fingerprint density at radius 3 is 2.92 bits per heavy atom. The van der Waals surface area contributed by atoms with Crippen LogP contribution in [0.2, 0.25) is 0 Å². The van der Waals surface area contributed by atoms with Crippen LogP contribution in [0.4, 0.5) is 0 Å². The summed E-state index contributed by atoms with van der Waals surface area (Å²) in [6, 6.07) is 2.11. The van der Waals surface area contributed by atoms with E-state index in [1.54, 1.807) is 11.3 Å². The highest BCUT2D eigenvalue weighted by atomic mass is 32.1. The van der Waals surface area contributed by atoms with Crippen LogP contribution >= 0.6 is 11.3 Å². The summed E-state index contributed by atoms with van der Waals surface area (Å²) < 4.78 is 6.19. The third-order valence-electron chi connectivity index (χ3n) is 5.16. The van der Waals surface area contributed by atoms with E-state index in [2.05, 4.69) is 29.7 Å². The molecule has 0 unspecified atom stereocenters. The van der Waals surface area contributed by atoms with Crippen molar-refractivity contribution in [2.24, 2.45) is 0 Å². The molecule has 2 fully saturated rings. The number of hydrogen-bond acceptors (Lipinski definition) is 5. The van der Waals surface area contributed by atoms with E-state index in [0.29, 0.717) is 6.42 Å². The molecule has 6 heteroatoms. The lowest BCUT2D eigenvalue weighted by atomic mass is 9.89. The largest absolute Gasteiger partial charge is 0.384 e. The molecule has 0 saturated carbocycles. The molecule has 0 aliphatic carbocycles. The number of thiophene rings is 1. The molecule has 0 atom stereocenters. The maximum absolute atomic E-state index is 12.1. The molecule has 2 aliphatic rings. The number of likely N-dealkylation sites (tertiary alicyclic amines) is 1. The van der Waals surface area contributed by atoms with Gasteiger partial charge in [-0.1, -0.05) is 18.8 Å². The second kappa shape index (κ2) is 9.01. The molecule has 1 aromatic heterocycles. The number of carbonyl (C=O) groups excluding carboxylic acids is 1. The van der Waals surface area contributed by atoms with Crippen LogP contribution in [0.1, 0.15) is 43.0 Å². The summed E-state index contributed by atoms with van der Waals surface area (Å²) in [4.78, 5) is 17.9. The summed E-state index contributed by atoms with van der Waals surface area (Å²) in [6.07, 6.45) is 3.42. The first kappa shape index (κ1) is 19.4. The van der Waals surface area contributed by atoms with Crippen molar-refractivity contribution in [2.45, 2.75) is 44.8 Å². The lowest BCUT2D eigenvalue weighted by Crippen LogP contribution is -2.57. The van der Waals surface area contributed by atoms with Crippen molar-refractivity contribution in [3.63, 3.8) is 0 Å². The minimum atomic E-state index is -0.102. The van der Waals surface area contributed by atoms with Crippen LogP contribution in [-0.2, 0) is 16.1 Å². The van der Waals surface area contributed by atoms with Crippen molar-refractivity contribution >= 4 is 17.2 Å². The molecule has 0 radical (unpaired) electrons. The van der Waals surface area contributed by atoms with Crippen molar-refractivity contribution in [1.82, 2.24) is 9.80 Å². The minimum absolute atomic E-state index is 0.0992. The number of nitrogens with zero attached hydrogens (tertiary/aromatic N) is 2. The quantitative estimate of drug-likeness (QED) is 0.818. The summed E-state index contributed by atoms with van der Waals surface area (Å²) in [7, 11) is 0. The van der Waals surface area contributed by atoms with E-state index in [4.69, 9.17) is 9.84 Å². The Bertz CT molecular complexity index is 668. The van der Waals surface area contributed by atoms with Gasteiger partial charge in [-0.25, -0.2) is 0 Å². The van der Waals surface area contributed by atoms with Gasteiger partial charge in [-0.15, -0.1) is 11.3 Å². The standard InChI is InChI=1S/C20H28N2O3S/c1-2-4-19(24)22-8-6-20(7-9-22)16-21(10-12-25-20)14-18-13-17(15-26-18)5-3-11-23/h13,15,23H,2,4,6-12,14,16H2,1H3. The Kier molecular flexibility index (Phi) is 6.71. The Morgan fingerprint density at radius 1 is 1.38 bits per heavy atom. The maximum Gasteiger partial charge on any atom is 0.222 e. The van der Waals surface area contributed by atoms with E-state index in [1.165, 1.54) is 4.88 Å². The maximum atomic E-state index is 12.1. The number of amides is 1. The zero-order valence-electron chi connectivity index (χ0n) is 15.5. The molecule has 2 saturated heterocycles.